The minimum absolute atomic E-state index is 0.885. The zero-order chi connectivity index (χ0) is 36.3. The summed E-state index contributed by atoms with van der Waals surface area (Å²) in [4.78, 5) is 2.40. The van der Waals surface area contributed by atoms with Crippen LogP contribution in [-0.2, 0) is 0 Å². The van der Waals surface area contributed by atoms with Crippen LogP contribution < -0.4 is 4.90 Å². The molecule has 0 spiro atoms. The molecule has 258 valence electrons. The largest absolute Gasteiger partial charge is 0.456 e. The lowest BCUT2D eigenvalue weighted by Crippen LogP contribution is -2.12. The van der Waals surface area contributed by atoms with E-state index in [-0.39, 0.29) is 0 Å². The van der Waals surface area contributed by atoms with Gasteiger partial charge in [-0.2, -0.15) is 0 Å². The molecule has 11 aromatic rings. The number of hydrogen-bond acceptors (Lipinski definition) is 3. The Morgan fingerprint density at radius 1 is 0.309 bits per heavy atom. The molecule has 0 aliphatic heterocycles. The molecule has 0 aliphatic carbocycles. The second kappa shape index (κ2) is 12.6. The van der Waals surface area contributed by atoms with Gasteiger partial charge in [-0.3, -0.25) is 0 Å². The van der Waals surface area contributed by atoms with Gasteiger partial charge < -0.3 is 13.7 Å². The molecular weight excluding hydrogens is 671 g/mol. The maximum absolute atomic E-state index is 6.51. The summed E-state index contributed by atoms with van der Waals surface area (Å²) in [5, 5.41) is 6.79. The van der Waals surface area contributed by atoms with Gasteiger partial charge in [-0.05, 0) is 88.3 Å². The molecule has 2 aromatic heterocycles. The van der Waals surface area contributed by atoms with Gasteiger partial charge in [-0.15, -0.1) is 0 Å². The highest BCUT2D eigenvalue weighted by molar-refractivity contribution is 6.16. The van der Waals surface area contributed by atoms with E-state index in [1.807, 2.05) is 12.1 Å². The van der Waals surface area contributed by atoms with Gasteiger partial charge in [-0.1, -0.05) is 140 Å². The Kier molecular flexibility index (Phi) is 7.17. The number of rotatable bonds is 6. The van der Waals surface area contributed by atoms with Crippen LogP contribution in [0.4, 0.5) is 17.1 Å². The van der Waals surface area contributed by atoms with Crippen LogP contribution in [0.15, 0.2) is 209 Å². The first-order valence-corrected chi connectivity index (χ1v) is 18.7. The van der Waals surface area contributed by atoms with E-state index in [0.717, 1.165) is 99.7 Å². The molecule has 0 fully saturated rings. The second-order valence-corrected chi connectivity index (χ2v) is 14.1. The first-order chi connectivity index (χ1) is 27.3. The zero-order valence-electron chi connectivity index (χ0n) is 29.8. The van der Waals surface area contributed by atoms with E-state index in [1.165, 1.54) is 5.39 Å². The fraction of sp³-hybridized carbons (Fsp3) is 0. The normalized spacial score (nSPS) is 11.6. The van der Waals surface area contributed by atoms with E-state index in [0.29, 0.717) is 0 Å². The molecule has 2 heterocycles. The molecular formula is C52H33NO2. The molecule has 9 aromatic carbocycles. The average molecular weight is 704 g/mol. The summed E-state index contributed by atoms with van der Waals surface area (Å²) in [5.74, 6) is 0. The number of furan rings is 2. The summed E-state index contributed by atoms with van der Waals surface area (Å²) < 4.78 is 12.6. The summed E-state index contributed by atoms with van der Waals surface area (Å²) in [6.45, 7) is 0. The fourth-order valence-electron chi connectivity index (χ4n) is 8.23. The van der Waals surface area contributed by atoms with E-state index >= 15 is 0 Å². The van der Waals surface area contributed by atoms with Crippen LogP contribution in [0.2, 0.25) is 0 Å². The Bertz CT molecular complexity index is 3210. The summed E-state index contributed by atoms with van der Waals surface area (Å²) in [7, 11) is 0. The maximum Gasteiger partial charge on any atom is 0.143 e. The van der Waals surface area contributed by atoms with Crippen LogP contribution in [-0.4, -0.2) is 0 Å². The highest BCUT2D eigenvalue weighted by Crippen LogP contribution is 2.46. The third-order valence-corrected chi connectivity index (χ3v) is 10.9. The van der Waals surface area contributed by atoms with Crippen molar-refractivity contribution >= 4 is 71.7 Å². The van der Waals surface area contributed by atoms with Crippen molar-refractivity contribution in [3.05, 3.63) is 200 Å². The zero-order valence-corrected chi connectivity index (χ0v) is 29.8. The molecule has 3 heteroatoms. The molecule has 11 rings (SSSR count). The molecule has 0 unspecified atom stereocenters. The van der Waals surface area contributed by atoms with Crippen molar-refractivity contribution in [2.75, 3.05) is 4.90 Å². The van der Waals surface area contributed by atoms with Gasteiger partial charge in [0.05, 0.1) is 11.4 Å². The topological polar surface area (TPSA) is 29.5 Å². The first-order valence-electron chi connectivity index (χ1n) is 18.7. The SMILES string of the molecule is c1ccc(-c2ccccc2N(c2ccc(-c3ccc4oc5ccccc5c4c3)cc2)c2ccccc2-c2ccc3oc4c5ccccc5ccc4c3c2)cc1. The molecule has 0 N–H and O–H groups in total. The summed E-state index contributed by atoms with van der Waals surface area (Å²) >= 11 is 0. The lowest BCUT2D eigenvalue weighted by Gasteiger charge is -2.30. The van der Waals surface area contributed by atoms with E-state index < -0.39 is 0 Å². The molecule has 0 aliphatic rings. The van der Waals surface area contributed by atoms with Gasteiger partial charge in [0, 0.05) is 43.7 Å². The Balaban J connectivity index is 1.08. The third kappa shape index (κ3) is 5.20. The average Bonchev–Trinajstić information content (AvgIpc) is 3.83. The minimum Gasteiger partial charge on any atom is -0.456 e. The second-order valence-electron chi connectivity index (χ2n) is 14.1. The first kappa shape index (κ1) is 31.2. The van der Waals surface area contributed by atoms with E-state index in [2.05, 4.69) is 193 Å². The number of nitrogens with zero attached hydrogens (tertiary/aromatic N) is 1. The predicted molar refractivity (Wildman–Crippen MR) is 229 cm³/mol. The van der Waals surface area contributed by atoms with Crippen molar-refractivity contribution in [2.24, 2.45) is 0 Å². The number of anilines is 3. The monoisotopic (exact) mass is 703 g/mol. The number of hydrogen-bond donors (Lipinski definition) is 0. The van der Waals surface area contributed by atoms with Gasteiger partial charge in [0.2, 0.25) is 0 Å². The van der Waals surface area contributed by atoms with Gasteiger partial charge in [0.1, 0.15) is 22.3 Å². The van der Waals surface area contributed by atoms with Crippen LogP contribution >= 0.6 is 0 Å². The summed E-state index contributed by atoms with van der Waals surface area (Å²) in [5.41, 5.74) is 13.7. The molecule has 0 saturated heterocycles. The lowest BCUT2D eigenvalue weighted by atomic mass is 9.97. The molecule has 55 heavy (non-hydrogen) atoms. The van der Waals surface area contributed by atoms with Crippen molar-refractivity contribution in [1.29, 1.82) is 0 Å². The van der Waals surface area contributed by atoms with Crippen molar-refractivity contribution in [2.45, 2.75) is 0 Å². The van der Waals surface area contributed by atoms with Crippen molar-refractivity contribution in [1.82, 2.24) is 0 Å². The Labute approximate surface area is 317 Å². The van der Waals surface area contributed by atoms with E-state index in [9.17, 15) is 0 Å². The molecule has 0 bridgehead atoms. The molecule has 0 atom stereocenters. The van der Waals surface area contributed by atoms with Crippen LogP contribution in [0, 0.1) is 0 Å². The van der Waals surface area contributed by atoms with Gasteiger partial charge >= 0.3 is 0 Å². The third-order valence-electron chi connectivity index (χ3n) is 10.9. The molecule has 3 nitrogen and oxygen atoms in total. The Morgan fingerprint density at radius 3 is 1.67 bits per heavy atom. The molecule has 0 amide bonds. The van der Waals surface area contributed by atoms with Gasteiger partial charge in [-0.25, -0.2) is 0 Å². The highest BCUT2D eigenvalue weighted by atomic mass is 16.3. The number of fused-ring (bicyclic) bond motifs is 8. The van der Waals surface area contributed by atoms with E-state index in [1.54, 1.807) is 0 Å². The van der Waals surface area contributed by atoms with Crippen LogP contribution in [0.1, 0.15) is 0 Å². The number of para-hydroxylation sites is 3. The summed E-state index contributed by atoms with van der Waals surface area (Å²) in [6.07, 6.45) is 0. The quantitative estimate of drug-likeness (QED) is 0.173. The van der Waals surface area contributed by atoms with Crippen molar-refractivity contribution in [3.63, 3.8) is 0 Å². The Hall–Kier alpha value is -7.36. The minimum atomic E-state index is 0.885. The standard InChI is InChI=1S/C52H33NO2/c1-2-12-35(13-3-1)40-15-6-9-19-47(40)53(39-27-22-34(23-28-39)37-25-30-50-45(32-37)43-18-8-11-21-49(43)54-50)48-20-10-7-16-41(48)38-26-31-51-46(33-38)44-29-24-36-14-4-5-17-42(36)52(44)55-51/h1-33H. The highest BCUT2D eigenvalue weighted by Gasteiger charge is 2.21. The lowest BCUT2D eigenvalue weighted by molar-refractivity contribution is 0.669. The van der Waals surface area contributed by atoms with E-state index in [4.69, 9.17) is 8.83 Å². The molecule has 0 saturated carbocycles. The smallest absolute Gasteiger partial charge is 0.143 e. The maximum atomic E-state index is 6.51. The van der Waals surface area contributed by atoms with Crippen molar-refractivity contribution in [3.8, 4) is 33.4 Å². The van der Waals surface area contributed by atoms with Crippen LogP contribution in [0.25, 0.3) is 88.0 Å². The van der Waals surface area contributed by atoms with Crippen LogP contribution in [0.5, 0.6) is 0 Å². The van der Waals surface area contributed by atoms with Crippen LogP contribution in [0.3, 0.4) is 0 Å². The van der Waals surface area contributed by atoms with Gasteiger partial charge in [0.15, 0.2) is 0 Å². The predicted octanol–water partition coefficient (Wildman–Crippen LogP) is 15.1. The van der Waals surface area contributed by atoms with Gasteiger partial charge in [0.25, 0.3) is 0 Å². The Morgan fingerprint density at radius 2 is 0.873 bits per heavy atom. The number of benzene rings is 9. The molecule has 0 radical (unpaired) electrons. The van der Waals surface area contributed by atoms with Crippen molar-refractivity contribution < 1.29 is 8.83 Å². The fourth-order valence-corrected chi connectivity index (χ4v) is 8.23. The summed E-state index contributed by atoms with van der Waals surface area (Å²) in [6, 6.07) is 71.1.